The van der Waals surface area contributed by atoms with Crippen LogP contribution >= 0.6 is 11.6 Å². The van der Waals surface area contributed by atoms with Gasteiger partial charge in [0, 0.05) is 22.8 Å². The number of nitrogens with two attached hydrogens (primary N) is 1. The van der Waals surface area contributed by atoms with E-state index in [2.05, 4.69) is 24.2 Å². The minimum Gasteiger partial charge on any atom is -0.383 e. The summed E-state index contributed by atoms with van der Waals surface area (Å²) in [6.45, 7) is 0. The van der Waals surface area contributed by atoms with E-state index >= 15 is 0 Å². The monoisotopic (exact) mass is 507 g/mol. The molecule has 0 aliphatic heterocycles. The minimum absolute atomic E-state index is 0.127. The maximum absolute atomic E-state index is 12.8. The van der Waals surface area contributed by atoms with Crippen LogP contribution in [0.2, 0.25) is 5.02 Å². The molecule has 1 saturated carbocycles. The molecule has 5 aromatic rings. The van der Waals surface area contributed by atoms with E-state index in [4.69, 9.17) is 22.3 Å². The molecule has 1 fully saturated rings. The number of aromatic amines is 1. The van der Waals surface area contributed by atoms with Crippen molar-refractivity contribution in [2.75, 3.05) is 10.5 Å². The summed E-state index contributed by atoms with van der Waals surface area (Å²) >= 11 is 5.88. The average molecular weight is 508 g/mol. The van der Waals surface area contributed by atoms with Gasteiger partial charge in [0.15, 0.2) is 0 Å². The molecule has 0 radical (unpaired) electrons. The summed E-state index contributed by atoms with van der Waals surface area (Å²) in [5.74, 6) is 1.03. The molecule has 1 aliphatic carbocycles. The van der Waals surface area contributed by atoms with Gasteiger partial charge in [-0.25, -0.2) is 23.4 Å². The van der Waals surface area contributed by atoms with Crippen molar-refractivity contribution in [2.45, 2.75) is 36.6 Å². The van der Waals surface area contributed by atoms with E-state index in [-0.39, 0.29) is 4.90 Å². The second-order valence-electron chi connectivity index (χ2n) is 8.72. The number of nitrogen functional groups attached to an aromatic ring is 1. The molecule has 1 aliphatic rings. The molecule has 0 bridgehead atoms. The van der Waals surface area contributed by atoms with E-state index in [9.17, 15) is 8.42 Å². The number of fused-ring (bicyclic) bond motifs is 2. The molecule has 0 atom stereocenters. The van der Waals surface area contributed by atoms with Gasteiger partial charge in [-0.3, -0.25) is 4.72 Å². The lowest BCUT2D eigenvalue weighted by molar-refractivity contribution is 0.532. The highest BCUT2D eigenvalue weighted by Gasteiger charge is 2.24. The first-order valence-corrected chi connectivity index (χ1v) is 13.1. The molecule has 11 heteroatoms. The lowest BCUT2D eigenvalue weighted by Gasteiger charge is -2.12. The number of hydrogen-bond donors (Lipinski definition) is 3. The summed E-state index contributed by atoms with van der Waals surface area (Å²) in [5, 5.41) is 1.23. The van der Waals surface area contributed by atoms with Gasteiger partial charge >= 0.3 is 0 Å². The molecule has 178 valence electrons. The van der Waals surface area contributed by atoms with Crippen molar-refractivity contribution >= 4 is 55.2 Å². The fourth-order valence-corrected chi connectivity index (χ4v) is 5.95. The number of anilines is 2. The molecule has 35 heavy (non-hydrogen) atoms. The largest absolute Gasteiger partial charge is 0.383 e. The molecular formula is C24H22ClN7O2S. The van der Waals surface area contributed by atoms with Gasteiger partial charge in [-0.15, -0.1) is 0 Å². The van der Waals surface area contributed by atoms with E-state index in [1.807, 2.05) is 6.20 Å². The zero-order chi connectivity index (χ0) is 24.2. The fraction of sp³-hybridized carbons (Fsp3) is 0.208. The second kappa shape index (κ2) is 8.24. The van der Waals surface area contributed by atoms with E-state index < -0.39 is 10.0 Å². The Morgan fingerprint density at radius 1 is 1.09 bits per heavy atom. The lowest BCUT2D eigenvalue weighted by Crippen LogP contribution is -2.12. The van der Waals surface area contributed by atoms with Crippen LogP contribution in [0.3, 0.4) is 0 Å². The van der Waals surface area contributed by atoms with Crippen molar-refractivity contribution in [3.63, 3.8) is 0 Å². The van der Waals surface area contributed by atoms with Crippen LogP contribution in [0.25, 0.3) is 33.5 Å². The number of imidazole rings is 1. The van der Waals surface area contributed by atoms with Crippen LogP contribution in [0.1, 0.15) is 31.7 Å². The van der Waals surface area contributed by atoms with E-state index in [0.29, 0.717) is 39.4 Å². The molecule has 9 nitrogen and oxygen atoms in total. The Kier molecular flexibility index (Phi) is 5.15. The molecule has 0 spiro atoms. The van der Waals surface area contributed by atoms with Gasteiger partial charge < -0.3 is 15.3 Å². The Hall–Kier alpha value is -3.63. The SMILES string of the molecule is Nc1ncnc2c1c(-c1nc3ccc(NS(=O)(=O)c4ccc(Cl)cc4)cc3[nH]1)cn2C1CCCC1. The molecule has 3 heterocycles. The first-order valence-electron chi connectivity index (χ1n) is 11.3. The fourth-order valence-electron chi connectivity index (χ4n) is 4.78. The van der Waals surface area contributed by atoms with E-state index in [1.165, 1.54) is 43.4 Å². The van der Waals surface area contributed by atoms with Crippen molar-refractivity contribution in [1.82, 2.24) is 24.5 Å². The van der Waals surface area contributed by atoms with Crippen LogP contribution in [0.15, 0.2) is 59.9 Å². The molecular weight excluding hydrogens is 486 g/mol. The molecule has 4 N–H and O–H groups in total. The van der Waals surface area contributed by atoms with Crippen LogP contribution in [-0.2, 0) is 10.0 Å². The van der Waals surface area contributed by atoms with Gasteiger partial charge in [0.25, 0.3) is 10.0 Å². The Labute approximate surface area is 206 Å². The summed E-state index contributed by atoms with van der Waals surface area (Å²) in [4.78, 5) is 16.9. The number of nitrogens with zero attached hydrogens (tertiary/aromatic N) is 4. The normalized spacial score (nSPS) is 14.8. The minimum atomic E-state index is -3.76. The molecule has 0 saturated heterocycles. The van der Waals surface area contributed by atoms with Crippen molar-refractivity contribution in [3.8, 4) is 11.4 Å². The van der Waals surface area contributed by atoms with Gasteiger partial charge in [0.1, 0.15) is 23.6 Å². The van der Waals surface area contributed by atoms with Gasteiger partial charge in [-0.1, -0.05) is 24.4 Å². The summed E-state index contributed by atoms with van der Waals surface area (Å²) in [7, 11) is -3.76. The van der Waals surface area contributed by atoms with Crippen LogP contribution < -0.4 is 10.5 Å². The van der Waals surface area contributed by atoms with Crippen LogP contribution in [0.4, 0.5) is 11.5 Å². The summed E-state index contributed by atoms with van der Waals surface area (Å²) < 4.78 is 30.4. The third-order valence-electron chi connectivity index (χ3n) is 6.47. The van der Waals surface area contributed by atoms with E-state index in [1.54, 1.807) is 18.2 Å². The van der Waals surface area contributed by atoms with Gasteiger partial charge in [-0.2, -0.15) is 0 Å². The third-order valence-corrected chi connectivity index (χ3v) is 8.12. The highest BCUT2D eigenvalue weighted by Crippen LogP contribution is 2.38. The highest BCUT2D eigenvalue weighted by atomic mass is 35.5. The number of benzene rings is 2. The molecule has 6 rings (SSSR count). The van der Waals surface area contributed by atoms with Gasteiger partial charge in [0.05, 0.1) is 27.0 Å². The zero-order valence-corrected chi connectivity index (χ0v) is 20.1. The Balaban J connectivity index is 1.39. The predicted molar refractivity (Wildman–Crippen MR) is 137 cm³/mol. The number of halogens is 1. The number of rotatable bonds is 5. The number of sulfonamides is 1. The van der Waals surface area contributed by atoms with Crippen LogP contribution in [-0.4, -0.2) is 32.9 Å². The lowest BCUT2D eigenvalue weighted by atomic mass is 10.2. The topological polar surface area (TPSA) is 132 Å². The number of H-pyrrole nitrogens is 1. The molecule has 0 unspecified atom stereocenters. The highest BCUT2D eigenvalue weighted by molar-refractivity contribution is 7.92. The quantitative estimate of drug-likeness (QED) is 0.302. The summed E-state index contributed by atoms with van der Waals surface area (Å²) in [6.07, 6.45) is 8.13. The summed E-state index contributed by atoms with van der Waals surface area (Å²) in [6, 6.07) is 11.5. The smallest absolute Gasteiger partial charge is 0.261 e. The maximum atomic E-state index is 12.8. The van der Waals surface area contributed by atoms with Gasteiger partial charge in [0.2, 0.25) is 0 Å². The second-order valence-corrected chi connectivity index (χ2v) is 10.8. The van der Waals surface area contributed by atoms with E-state index in [0.717, 1.165) is 29.4 Å². The molecule has 2 aromatic carbocycles. The van der Waals surface area contributed by atoms with Crippen LogP contribution in [0, 0.1) is 0 Å². The van der Waals surface area contributed by atoms with Crippen molar-refractivity contribution in [2.24, 2.45) is 0 Å². The molecule has 3 aromatic heterocycles. The Bertz CT molecular complexity index is 1670. The standard InChI is InChI=1S/C24H22ClN7O2S/c25-14-5-8-17(9-6-14)35(33,34)31-15-7-10-19-20(11-15)30-23(29-19)18-12-32(16-3-1-2-4-16)24-21(18)22(26)27-13-28-24/h5-13,16,31H,1-4H2,(H,29,30)(H2,26,27,28). The van der Waals surface area contributed by atoms with Crippen molar-refractivity contribution < 1.29 is 8.42 Å². The number of nitrogens with one attached hydrogen (secondary N) is 2. The first-order chi connectivity index (χ1) is 16.9. The zero-order valence-electron chi connectivity index (χ0n) is 18.6. The average Bonchev–Trinajstić information content (AvgIpc) is 3.57. The number of aromatic nitrogens is 5. The summed E-state index contributed by atoms with van der Waals surface area (Å²) in [5.41, 5.74) is 9.70. The van der Waals surface area contributed by atoms with Crippen LogP contribution in [0.5, 0.6) is 0 Å². The number of hydrogen-bond acceptors (Lipinski definition) is 6. The molecule has 0 amide bonds. The predicted octanol–water partition coefficient (Wildman–Crippen LogP) is 5.13. The van der Waals surface area contributed by atoms with Crippen molar-refractivity contribution in [3.05, 3.63) is 60.0 Å². The maximum Gasteiger partial charge on any atom is 0.261 e. The van der Waals surface area contributed by atoms with Gasteiger partial charge in [-0.05, 0) is 55.3 Å². The third kappa shape index (κ3) is 3.88. The Morgan fingerprint density at radius 2 is 1.86 bits per heavy atom. The first kappa shape index (κ1) is 21.9. The van der Waals surface area contributed by atoms with Crippen molar-refractivity contribution in [1.29, 1.82) is 0 Å². The Morgan fingerprint density at radius 3 is 2.63 bits per heavy atom.